The number of fused-ring (bicyclic) bond motifs is 1. The lowest BCUT2D eigenvalue weighted by atomic mass is 10.1. The number of aliphatic imine (C=N–C) groups is 1. The first-order valence-electron chi connectivity index (χ1n) is 8.74. The van der Waals surface area contributed by atoms with Crippen LogP contribution in [0.25, 0.3) is 21.4 Å². The van der Waals surface area contributed by atoms with Gasteiger partial charge >= 0.3 is 5.97 Å². The van der Waals surface area contributed by atoms with E-state index in [9.17, 15) is 4.79 Å². The molecule has 0 saturated carbocycles. The van der Waals surface area contributed by atoms with Crippen molar-refractivity contribution < 1.29 is 13.9 Å². The molecule has 4 nitrogen and oxygen atoms in total. The van der Waals surface area contributed by atoms with Gasteiger partial charge in [0.15, 0.2) is 0 Å². The Hall–Kier alpha value is -2.89. The van der Waals surface area contributed by atoms with Crippen LogP contribution in [0.3, 0.4) is 0 Å². The van der Waals surface area contributed by atoms with E-state index in [1.807, 2.05) is 60.7 Å². The van der Waals surface area contributed by atoms with Gasteiger partial charge in [0.25, 0.3) is 0 Å². The van der Waals surface area contributed by atoms with Gasteiger partial charge in [-0.2, -0.15) is 0 Å². The topological polar surface area (TPSA) is 51.8 Å². The maximum atomic E-state index is 12.4. The van der Waals surface area contributed by atoms with E-state index in [0.717, 1.165) is 21.4 Å². The van der Waals surface area contributed by atoms with Crippen LogP contribution in [-0.4, -0.2) is 18.8 Å². The highest BCUT2D eigenvalue weighted by molar-refractivity contribution is 7.23. The smallest absolute Gasteiger partial charge is 0.341 e. The molecule has 0 amide bonds. The van der Waals surface area contributed by atoms with Crippen LogP contribution in [0, 0.1) is 0 Å². The quantitative estimate of drug-likeness (QED) is 0.271. The number of carbonyl (C=O) groups excluding carboxylic acids is 1. The fourth-order valence-corrected chi connectivity index (χ4v) is 4.00. The molecule has 140 valence electrons. The molecule has 0 atom stereocenters. The van der Waals surface area contributed by atoms with Gasteiger partial charge in [-0.1, -0.05) is 29.8 Å². The lowest BCUT2D eigenvalue weighted by Gasteiger charge is -2.01. The van der Waals surface area contributed by atoms with E-state index in [2.05, 4.69) is 4.99 Å². The zero-order chi connectivity index (χ0) is 19.5. The standard InChI is InChI=1S/C22H16ClNO3S/c1-2-26-22(25)20-17-5-3-4-6-19(17)28-21(20)24-13-16-11-12-18(27-16)14-7-9-15(23)10-8-14/h3-13H,2H2,1H3. The number of esters is 1. The van der Waals surface area contributed by atoms with Crippen LogP contribution >= 0.6 is 22.9 Å². The first-order chi connectivity index (χ1) is 13.7. The second-order valence-electron chi connectivity index (χ2n) is 5.97. The predicted octanol–water partition coefficient (Wildman–Crippen LogP) is 6.74. The highest BCUT2D eigenvalue weighted by atomic mass is 35.5. The van der Waals surface area contributed by atoms with Gasteiger partial charge in [-0.15, -0.1) is 11.3 Å². The van der Waals surface area contributed by atoms with E-state index in [4.69, 9.17) is 20.8 Å². The molecule has 0 bridgehead atoms. The monoisotopic (exact) mass is 409 g/mol. The summed E-state index contributed by atoms with van der Waals surface area (Å²) in [6, 6.07) is 18.8. The van der Waals surface area contributed by atoms with Crippen molar-refractivity contribution in [2.24, 2.45) is 4.99 Å². The summed E-state index contributed by atoms with van der Waals surface area (Å²) >= 11 is 7.38. The number of nitrogens with zero attached hydrogens (tertiary/aromatic N) is 1. The predicted molar refractivity (Wildman–Crippen MR) is 114 cm³/mol. The number of halogens is 1. The summed E-state index contributed by atoms with van der Waals surface area (Å²) in [7, 11) is 0. The van der Waals surface area contributed by atoms with Crippen molar-refractivity contribution in [3.8, 4) is 11.3 Å². The minimum Gasteiger partial charge on any atom is -0.462 e. The summed E-state index contributed by atoms with van der Waals surface area (Å²) in [6.45, 7) is 2.10. The fraction of sp³-hybridized carbons (Fsp3) is 0.0909. The Morgan fingerprint density at radius 2 is 1.93 bits per heavy atom. The molecule has 2 aromatic heterocycles. The van der Waals surface area contributed by atoms with Crippen molar-refractivity contribution >= 4 is 50.2 Å². The molecule has 0 saturated heterocycles. The van der Waals surface area contributed by atoms with Crippen LogP contribution in [0.4, 0.5) is 5.00 Å². The summed E-state index contributed by atoms with van der Waals surface area (Å²) in [5.41, 5.74) is 1.42. The number of furan rings is 1. The number of carbonyl (C=O) groups is 1. The van der Waals surface area contributed by atoms with E-state index in [-0.39, 0.29) is 5.97 Å². The number of hydrogen-bond donors (Lipinski definition) is 0. The largest absolute Gasteiger partial charge is 0.462 e. The van der Waals surface area contributed by atoms with Crippen LogP contribution in [-0.2, 0) is 4.74 Å². The Kier molecular flexibility index (Phi) is 5.28. The van der Waals surface area contributed by atoms with Gasteiger partial charge in [-0.25, -0.2) is 9.79 Å². The van der Waals surface area contributed by atoms with Gasteiger partial charge < -0.3 is 9.15 Å². The molecule has 4 rings (SSSR count). The summed E-state index contributed by atoms with van der Waals surface area (Å²) < 4.78 is 12.1. The lowest BCUT2D eigenvalue weighted by Crippen LogP contribution is -2.03. The second-order valence-corrected chi connectivity index (χ2v) is 7.43. The average molecular weight is 410 g/mol. The van der Waals surface area contributed by atoms with E-state index >= 15 is 0 Å². The minimum absolute atomic E-state index is 0.314. The Balaban J connectivity index is 1.66. The van der Waals surface area contributed by atoms with Crippen molar-refractivity contribution in [2.45, 2.75) is 6.92 Å². The Labute approximate surface area is 171 Å². The van der Waals surface area contributed by atoms with Gasteiger partial charge in [0.1, 0.15) is 22.1 Å². The lowest BCUT2D eigenvalue weighted by molar-refractivity contribution is 0.0530. The minimum atomic E-state index is -0.367. The maximum absolute atomic E-state index is 12.4. The molecular formula is C22H16ClNO3S. The highest BCUT2D eigenvalue weighted by Crippen LogP contribution is 2.38. The summed E-state index contributed by atoms with van der Waals surface area (Å²) in [6.07, 6.45) is 1.62. The number of hydrogen-bond acceptors (Lipinski definition) is 5. The molecule has 0 aliphatic rings. The van der Waals surface area contributed by atoms with Crippen molar-refractivity contribution in [3.05, 3.63) is 77.0 Å². The average Bonchev–Trinajstić information content (AvgIpc) is 3.31. The van der Waals surface area contributed by atoms with Gasteiger partial charge in [-0.05, 0) is 49.4 Å². The normalized spacial score (nSPS) is 11.4. The van der Waals surface area contributed by atoms with Gasteiger partial charge in [-0.3, -0.25) is 0 Å². The van der Waals surface area contributed by atoms with Crippen molar-refractivity contribution in [2.75, 3.05) is 6.61 Å². The Bertz CT molecular complexity index is 1160. The first-order valence-corrected chi connectivity index (χ1v) is 9.93. The first kappa shape index (κ1) is 18.5. The molecule has 0 N–H and O–H groups in total. The van der Waals surface area contributed by atoms with E-state index in [1.54, 1.807) is 13.1 Å². The van der Waals surface area contributed by atoms with E-state index < -0.39 is 0 Å². The fourth-order valence-electron chi connectivity index (χ4n) is 2.84. The molecule has 2 heterocycles. The van der Waals surface area contributed by atoms with E-state index in [1.165, 1.54) is 11.3 Å². The third-order valence-electron chi connectivity index (χ3n) is 4.12. The van der Waals surface area contributed by atoms with Crippen LogP contribution in [0.5, 0.6) is 0 Å². The molecule has 0 fully saturated rings. The Morgan fingerprint density at radius 1 is 1.14 bits per heavy atom. The highest BCUT2D eigenvalue weighted by Gasteiger charge is 2.19. The molecule has 0 aliphatic heterocycles. The molecule has 0 aliphatic carbocycles. The molecular weight excluding hydrogens is 394 g/mol. The molecule has 0 spiro atoms. The summed E-state index contributed by atoms with van der Waals surface area (Å²) in [5, 5.41) is 2.12. The molecule has 0 radical (unpaired) electrons. The molecule has 2 aromatic carbocycles. The molecule has 28 heavy (non-hydrogen) atoms. The molecule has 4 aromatic rings. The van der Waals surface area contributed by atoms with Crippen LogP contribution in [0.15, 0.2) is 70.1 Å². The SMILES string of the molecule is CCOC(=O)c1c(N=Cc2ccc(-c3ccc(Cl)cc3)o2)sc2ccccc12. The summed E-state index contributed by atoms with van der Waals surface area (Å²) in [4.78, 5) is 17.0. The van der Waals surface area contributed by atoms with Gasteiger partial charge in [0.05, 0.1) is 12.8 Å². The molecule has 0 unspecified atom stereocenters. The van der Waals surface area contributed by atoms with E-state index in [0.29, 0.717) is 28.0 Å². The second kappa shape index (κ2) is 8.00. The van der Waals surface area contributed by atoms with Crippen molar-refractivity contribution in [3.63, 3.8) is 0 Å². The van der Waals surface area contributed by atoms with Crippen LogP contribution < -0.4 is 0 Å². The van der Waals surface area contributed by atoms with Gasteiger partial charge in [0, 0.05) is 20.7 Å². The van der Waals surface area contributed by atoms with Crippen LogP contribution in [0.2, 0.25) is 5.02 Å². The van der Waals surface area contributed by atoms with Gasteiger partial charge in [0.2, 0.25) is 0 Å². The number of rotatable bonds is 5. The third kappa shape index (κ3) is 3.72. The van der Waals surface area contributed by atoms with Crippen molar-refractivity contribution in [1.29, 1.82) is 0 Å². The number of ether oxygens (including phenoxy) is 1. The Morgan fingerprint density at radius 3 is 2.71 bits per heavy atom. The molecule has 6 heteroatoms. The summed E-state index contributed by atoms with van der Waals surface area (Å²) in [5.74, 6) is 0.950. The third-order valence-corrected chi connectivity index (χ3v) is 5.45. The van der Waals surface area contributed by atoms with Crippen LogP contribution in [0.1, 0.15) is 23.0 Å². The number of thiophene rings is 1. The number of benzene rings is 2. The van der Waals surface area contributed by atoms with Crippen molar-refractivity contribution in [1.82, 2.24) is 0 Å². The zero-order valence-corrected chi connectivity index (χ0v) is 16.6. The zero-order valence-electron chi connectivity index (χ0n) is 15.0. The maximum Gasteiger partial charge on any atom is 0.341 e.